The Hall–Kier alpha value is -0.590. The number of hydrogen-bond acceptors (Lipinski definition) is 5. The van der Waals surface area contributed by atoms with Crippen LogP contribution in [0.3, 0.4) is 0 Å². The van der Waals surface area contributed by atoms with Crippen LogP contribution in [0.1, 0.15) is 19.3 Å². The molecule has 0 saturated heterocycles. The van der Waals surface area contributed by atoms with Crippen LogP contribution in [0.25, 0.3) is 0 Å². The molecule has 1 aliphatic carbocycles. The Balaban J connectivity index is 1.97. The number of halogens is 1. The van der Waals surface area contributed by atoms with Crippen LogP contribution >= 0.6 is 27.7 Å². The normalized spacial score (nSPS) is 27.2. The van der Waals surface area contributed by atoms with Gasteiger partial charge in [0.05, 0.1) is 12.1 Å². The highest BCUT2D eigenvalue weighted by Gasteiger charge is 2.43. The second kappa shape index (κ2) is 5.59. The third-order valence-corrected chi connectivity index (χ3v) is 4.77. The fourth-order valence-corrected chi connectivity index (χ4v) is 3.57. The summed E-state index contributed by atoms with van der Waals surface area (Å²) < 4.78 is 5.72. The molecule has 0 amide bonds. The number of rotatable bonds is 3. The Morgan fingerprint density at radius 1 is 1.67 bits per heavy atom. The maximum absolute atomic E-state index is 11.6. The second-order valence-electron chi connectivity index (χ2n) is 4.45. The number of methoxy groups -OCH3 is 1. The number of nitrogens with zero attached hydrogens (tertiary/aromatic N) is 1. The molecule has 2 N–H and O–H groups in total. The lowest BCUT2D eigenvalue weighted by Crippen LogP contribution is -2.46. The Kier molecular flexibility index (Phi) is 4.29. The van der Waals surface area contributed by atoms with Gasteiger partial charge in [0, 0.05) is 15.9 Å². The Morgan fingerprint density at radius 2 is 2.44 bits per heavy atom. The van der Waals surface area contributed by atoms with Gasteiger partial charge in [-0.25, -0.2) is 4.98 Å². The second-order valence-corrected chi connectivity index (χ2v) is 6.68. The molecule has 2 rings (SSSR count). The number of pyridine rings is 1. The van der Waals surface area contributed by atoms with E-state index < -0.39 is 5.54 Å². The van der Waals surface area contributed by atoms with Crippen LogP contribution < -0.4 is 5.73 Å². The van der Waals surface area contributed by atoms with E-state index in [-0.39, 0.29) is 5.97 Å². The molecule has 0 radical (unpaired) electrons. The number of hydrogen-bond donors (Lipinski definition) is 1. The summed E-state index contributed by atoms with van der Waals surface area (Å²) in [6, 6.07) is 3.92. The molecule has 4 nitrogen and oxygen atoms in total. The molecule has 2 atom stereocenters. The molecule has 0 spiro atoms. The van der Waals surface area contributed by atoms with Crippen molar-refractivity contribution in [3.8, 4) is 0 Å². The van der Waals surface area contributed by atoms with Gasteiger partial charge in [-0.2, -0.15) is 0 Å². The maximum Gasteiger partial charge on any atom is 0.325 e. The van der Waals surface area contributed by atoms with E-state index in [0.717, 1.165) is 15.9 Å². The third-order valence-electron chi connectivity index (χ3n) is 3.08. The van der Waals surface area contributed by atoms with Crippen LogP contribution in [0.4, 0.5) is 0 Å². The molecule has 1 aromatic rings. The summed E-state index contributed by atoms with van der Waals surface area (Å²) in [6.07, 6.45) is 4.00. The molecule has 1 aromatic heterocycles. The van der Waals surface area contributed by atoms with Gasteiger partial charge in [-0.15, -0.1) is 11.8 Å². The van der Waals surface area contributed by atoms with Crippen LogP contribution in [0.15, 0.2) is 27.8 Å². The number of nitrogens with two attached hydrogens (primary N) is 1. The largest absolute Gasteiger partial charge is 0.468 e. The van der Waals surface area contributed by atoms with E-state index in [1.807, 2.05) is 12.1 Å². The lowest BCUT2D eigenvalue weighted by molar-refractivity contribution is -0.146. The lowest BCUT2D eigenvalue weighted by Gasteiger charge is -2.20. The monoisotopic (exact) mass is 330 g/mol. The van der Waals surface area contributed by atoms with Crippen molar-refractivity contribution in [3.63, 3.8) is 0 Å². The van der Waals surface area contributed by atoms with E-state index >= 15 is 0 Å². The highest BCUT2D eigenvalue weighted by Crippen LogP contribution is 2.39. The topological polar surface area (TPSA) is 65.2 Å². The molecule has 98 valence electrons. The predicted molar refractivity (Wildman–Crippen MR) is 74.4 cm³/mol. The summed E-state index contributed by atoms with van der Waals surface area (Å²) in [5.74, 6) is -0.311. The molecule has 0 aliphatic heterocycles. The number of ether oxygens (including phenoxy) is 1. The van der Waals surface area contributed by atoms with Crippen molar-refractivity contribution >= 4 is 33.7 Å². The summed E-state index contributed by atoms with van der Waals surface area (Å²) in [7, 11) is 1.38. The summed E-state index contributed by atoms with van der Waals surface area (Å²) in [5, 5.41) is 1.28. The molecule has 1 saturated carbocycles. The number of aromatic nitrogens is 1. The van der Waals surface area contributed by atoms with Crippen LogP contribution in [0.5, 0.6) is 0 Å². The van der Waals surface area contributed by atoms with Gasteiger partial charge in [0.1, 0.15) is 5.54 Å². The van der Waals surface area contributed by atoms with E-state index in [4.69, 9.17) is 10.5 Å². The van der Waals surface area contributed by atoms with Gasteiger partial charge in [-0.1, -0.05) is 0 Å². The van der Waals surface area contributed by atoms with Crippen molar-refractivity contribution < 1.29 is 9.53 Å². The zero-order valence-electron chi connectivity index (χ0n) is 10.1. The zero-order chi connectivity index (χ0) is 13.2. The van der Waals surface area contributed by atoms with Gasteiger partial charge in [-0.3, -0.25) is 4.79 Å². The summed E-state index contributed by atoms with van der Waals surface area (Å²) in [5.41, 5.74) is 5.25. The van der Waals surface area contributed by atoms with Crippen molar-refractivity contribution in [1.82, 2.24) is 4.98 Å². The number of thioether (sulfide) groups is 1. The van der Waals surface area contributed by atoms with Gasteiger partial charge in [0.2, 0.25) is 0 Å². The molecular weight excluding hydrogens is 316 g/mol. The smallest absolute Gasteiger partial charge is 0.325 e. The number of carbonyl (C=O) groups is 1. The fraction of sp³-hybridized carbons (Fsp3) is 0.500. The van der Waals surface area contributed by atoms with Gasteiger partial charge in [0.15, 0.2) is 0 Å². The molecule has 2 unspecified atom stereocenters. The Labute approximate surface area is 119 Å². The molecule has 0 aromatic carbocycles. The molecule has 1 heterocycles. The number of esters is 1. The standard InChI is InChI=1S/C12H15BrN2O2S/c1-17-11(16)12(14)5-4-9(6-12)18-10-3-2-8(13)7-15-10/h2-3,7,9H,4-6,14H2,1H3. The van der Waals surface area contributed by atoms with Gasteiger partial charge >= 0.3 is 5.97 Å². The first-order valence-electron chi connectivity index (χ1n) is 5.69. The molecule has 1 aliphatic rings. The van der Waals surface area contributed by atoms with Crippen LogP contribution in [-0.4, -0.2) is 28.9 Å². The van der Waals surface area contributed by atoms with Crippen molar-refractivity contribution in [3.05, 3.63) is 22.8 Å². The van der Waals surface area contributed by atoms with Crippen LogP contribution in [0, 0.1) is 0 Å². The summed E-state index contributed by atoms with van der Waals surface area (Å²) >= 11 is 5.02. The highest BCUT2D eigenvalue weighted by molar-refractivity contribution is 9.10. The Morgan fingerprint density at radius 3 is 3.06 bits per heavy atom. The van der Waals surface area contributed by atoms with Gasteiger partial charge in [0.25, 0.3) is 0 Å². The van der Waals surface area contributed by atoms with E-state index in [2.05, 4.69) is 20.9 Å². The van der Waals surface area contributed by atoms with Crippen molar-refractivity contribution in [2.24, 2.45) is 5.73 Å². The quantitative estimate of drug-likeness (QED) is 0.862. The molecule has 6 heteroatoms. The fourth-order valence-electron chi connectivity index (χ4n) is 2.12. The van der Waals surface area contributed by atoms with E-state index in [0.29, 0.717) is 18.1 Å². The van der Waals surface area contributed by atoms with E-state index in [1.165, 1.54) is 7.11 Å². The molecular formula is C12H15BrN2O2S. The highest BCUT2D eigenvalue weighted by atomic mass is 79.9. The van der Waals surface area contributed by atoms with Gasteiger partial charge < -0.3 is 10.5 Å². The molecule has 0 bridgehead atoms. The Bertz CT molecular complexity index is 440. The minimum atomic E-state index is -0.818. The summed E-state index contributed by atoms with van der Waals surface area (Å²) in [6.45, 7) is 0. The molecule has 18 heavy (non-hydrogen) atoms. The average molecular weight is 331 g/mol. The molecule has 1 fully saturated rings. The first-order valence-corrected chi connectivity index (χ1v) is 7.36. The lowest BCUT2D eigenvalue weighted by atomic mass is 10.00. The van der Waals surface area contributed by atoms with Crippen molar-refractivity contribution in [1.29, 1.82) is 0 Å². The number of carbonyl (C=O) groups excluding carboxylic acids is 1. The van der Waals surface area contributed by atoms with Crippen molar-refractivity contribution in [2.75, 3.05) is 7.11 Å². The average Bonchev–Trinajstić information content (AvgIpc) is 2.74. The maximum atomic E-state index is 11.6. The van der Waals surface area contributed by atoms with Gasteiger partial charge in [-0.05, 0) is 47.3 Å². The first-order chi connectivity index (χ1) is 8.53. The van der Waals surface area contributed by atoms with Crippen LogP contribution in [0.2, 0.25) is 0 Å². The van der Waals surface area contributed by atoms with E-state index in [9.17, 15) is 4.79 Å². The minimum absolute atomic E-state index is 0.311. The van der Waals surface area contributed by atoms with Crippen LogP contribution in [-0.2, 0) is 9.53 Å². The minimum Gasteiger partial charge on any atom is -0.468 e. The SMILES string of the molecule is COC(=O)C1(N)CCC(Sc2ccc(Br)cn2)C1. The van der Waals surface area contributed by atoms with Crippen molar-refractivity contribution in [2.45, 2.75) is 35.1 Å². The first kappa shape index (κ1) is 13.8. The zero-order valence-corrected chi connectivity index (χ0v) is 12.5. The third kappa shape index (κ3) is 3.05. The van der Waals surface area contributed by atoms with E-state index in [1.54, 1.807) is 18.0 Å². The summed E-state index contributed by atoms with van der Waals surface area (Å²) in [4.78, 5) is 15.9. The predicted octanol–water partition coefficient (Wildman–Crippen LogP) is 2.36.